The van der Waals surface area contributed by atoms with Crippen molar-refractivity contribution in [2.45, 2.75) is 300 Å². The molecule has 21 heteroatoms. The molecule has 0 rings (SSSR count). The Hall–Kier alpha value is -4.44. The summed E-state index contributed by atoms with van der Waals surface area (Å²) >= 11 is 0. The second-order valence-electron chi connectivity index (χ2n) is 23.2. The third-order valence-corrected chi connectivity index (χ3v) is 15.5. The van der Waals surface area contributed by atoms with Gasteiger partial charge in [-0.25, -0.2) is 0 Å². The summed E-state index contributed by atoms with van der Waals surface area (Å²) in [6.07, 6.45) is 34.8. The SMILES string of the molecule is CCCCCCCCCCCC(=O)NC(CCCC[NH3+])C(=O)NC(CCCC[NH3+])C(=O)NCCCCCCCCCC(=O)NC(CCCC[NH3+])C(=O)NC(CCCC[NH3+])C(=O)NCCCCCCCCCC(=O)NC(CCCC[NH3+])C(N)=O. The van der Waals surface area contributed by atoms with Gasteiger partial charge in [0, 0.05) is 32.4 Å². The zero-order chi connectivity index (χ0) is 61.4. The molecule has 0 spiro atoms. The summed E-state index contributed by atoms with van der Waals surface area (Å²) in [5.74, 6) is -2.02. The number of amides is 8. The van der Waals surface area contributed by atoms with Crippen LogP contribution in [0.5, 0.6) is 0 Å². The number of hydrogen-bond acceptors (Lipinski definition) is 8. The standard InChI is InChI=1S/C62H123N13O8/c1-2-3-4-5-6-7-10-15-21-41-56(77)72-53(38-26-31-46-66)61(82)74-51(36-24-29-44-64)60(81)70-49-34-19-14-9-12-17-22-42-57(78)73-54(39-27-32-47-67)62(83)75-52(37-25-30-45-65)59(80)69-48-33-18-13-8-11-16-20-40-55(76)71-50(58(68)79)35-23-28-43-63/h50-54H,2-49,63-67H2,1H3,(H2,68,79)(H,69,80)(H,70,81)(H,71,76)(H,72,77)(H,73,78)(H,74,82)(H,75,83)/p+5. The molecular formula is C62H128N13O8+5. The predicted octanol–water partition coefficient (Wildman–Crippen LogP) is 2.35. The smallest absolute Gasteiger partial charge is 0.243 e. The lowest BCUT2D eigenvalue weighted by molar-refractivity contribution is -0.369. The normalized spacial score (nSPS) is 13.0. The number of quaternary nitrogens is 5. The summed E-state index contributed by atoms with van der Waals surface area (Å²) in [7, 11) is 0. The number of hydrogen-bond donors (Lipinski definition) is 13. The fourth-order valence-electron chi connectivity index (χ4n) is 10.2. The molecule has 0 heterocycles. The second kappa shape index (κ2) is 56.7. The summed E-state index contributed by atoms with van der Waals surface area (Å²) in [6.45, 7) is 6.97. The van der Waals surface area contributed by atoms with Crippen molar-refractivity contribution in [3.05, 3.63) is 0 Å². The Kier molecular flexibility index (Phi) is 53.6. The summed E-state index contributed by atoms with van der Waals surface area (Å²) in [6, 6.07) is -3.46. The van der Waals surface area contributed by atoms with E-state index in [0.29, 0.717) is 70.9 Å². The Morgan fingerprint density at radius 1 is 0.289 bits per heavy atom. The molecule has 0 fully saturated rings. The van der Waals surface area contributed by atoms with Gasteiger partial charge in [-0.15, -0.1) is 0 Å². The van der Waals surface area contributed by atoms with Crippen LogP contribution in [-0.2, 0) is 38.4 Å². The van der Waals surface area contributed by atoms with E-state index >= 15 is 0 Å². The van der Waals surface area contributed by atoms with Crippen molar-refractivity contribution in [1.29, 1.82) is 0 Å². The minimum absolute atomic E-state index is 0.116. The summed E-state index contributed by atoms with van der Waals surface area (Å²) in [5, 5.41) is 20.8. The van der Waals surface area contributed by atoms with Gasteiger partial charge in [0.25, 0.3) is 0 Å². The molecule has 0 aliphatic rings. The van der Waals surface area contributed by atoms with Gasteiger partial charge < -0.3 is 71.6 Å². The van der Waals surface area contributed by atoms with Gasteiger partial charge in [-0.3, -0.25) is 38.4 Å². The lowest BCUT2D eigenvalue weighted by atomic mass is 10.0. The van der Waals surface area contributed by atoms with Crippen LogP contribution >= 0.6 is 0 Å². The molecule has 5 unspecified atom stereocenters. The largest absolute Gasteiger partial charge is 0.368 e. The molecule has 0 aromatic rings. The first kappa shape index (κ1) is 78.6. The van der Waals surface area contributed by atoms with E-state index in [2.05, 4.69) is 72.8 Å². The van der Waals surface area contributed by atoms with Gasteiger partial charge in [-0.05, 0) is 128 Å². The van der Waals surface area contributed by atoms with Crippen molar-refractivity contribution in [1.82, 2.24) is 37.2 Å². The zero-order valence-electron chi connectivity index (χ0n) is 52.7. The number of primary amides is 1. The molecule has 24 N–H and O–H groups in total. The molecule has 0 bridgehead atoms. The first-order valence-electron chi connectivity index (χ1n) is 33.6. The number of carbonyl (C=O) groups excluding carboxylic acids is 8. The zero-order valence-corrected chi connectivity index (χ0v) is 52.7. The topological polar surface area (TPSA) is 385 Å². The molecule has 0 aliphatic heterocycles. The lowest BCUT2D eigenvalue weighted by Crippen LogP contribution is -2.54. The maximum Gasteiger partial charge on any atom is 0.243 e. The molecule has 0 saturated heterocycles. The fraction of sp³-hybridized carbons (Fsp3) is 0.871. The van der Waals surface area contributed by atoms with Crippen LogP contribution in [0.25, 0.3) is 0 Å². The van der Waals surface area contributed by atoms with E-state index < -0.39 is 36.1 Å². The average molecular weight is 1180 g/mol. The van der Waals surface area contributed by atoms with E-state index in [-0.39, 0.29) is 41.4 Å². The van der Waals surface area contributed by atoms with Gasteiger partial charge in [0.2, 0.25) is 47.3 Å². The summed E-state index contributed by atoms with van der Waals surface area (Å²) in [4.78, 5) is 104. The maximum absolute atomic E-state index is 13.7. The van der Waals surface area contributed by atoms with Gasteiger partial charge in [-0.2, -0.15) is 0 Å². The van der Waals surface area contributed by atoms with Crippen molar-refractivity contribution in [3.8, 4) is 0 Å². The Balaban J connectivity index is 4.86. The molecule has 0 saturated carbocycles. The molecule has 8 amide bonds. The number of nitrogens with two attached hydrogens (primary N) is 1. The highest BCUT2D eigenvalue weighted by molar-refractivity contribution is 5.93. The summed E-state index contributed by atoms with van der Waals surface area (Å²) in [5.41, 5.74) is 25.0. The third-order valence-electron chi connectivity index (χ3n) is 15.5. The fourth-order valence-corrected chi connectivity index (χ4v) is 10.2. The van der Waals surface area contributed by atoms with Gasteiger partial charge in [0.15, 0.2) is 0 Å². The van der Waals surface area contributed by atoms with E-state index in [1.165, 1.54) is 38.5 Å². The number of nitrogens with one attached hydrogen (secondary N) is 7. The molecule has 0 aliphatic carbocycles. The predicted molar refractivity (Wildman–Crippen MR) is 329 cm³/mol. The Morgan fingerprint density at radius 2 is 0.530 bits per heavy atom. The monoisotopic (exact) mass is 1180 g/mol. The first-order chi connectivity index (χ1) is 40.3. The number of unbranched alkanes of at least 4 members (excludes halogenated alkanes) is 25. The average Bonchev–Trinajstić information content (AvgIpc) is 3.52. The van der Waals surface area contributed by atoms with Crippen LogP contribution in [0.3, 0.4) is 0 Å². The lowest BCUT2D eigenvalue weighted by Gasteiger charge is -2.23. The van der Waals surface area contributed by atoms with Crippen molar-refractivity contribution in [2.24, 2.45) is 5.73 Å². The van der Waals surface area contributed by atoms with E-state index in [9.17, 15) is 38.4 Å². The highest BCUT2D eigenvalue weighted by Crippen LogP contribution is 2.14. The van der Waals surface area contributed by atoms with Gasteiger partial charge in [0.05, 0.1) is 32.7 Å². The minimum Gasteiger partial charge on any atom is -0.368 e. The molecular weight excluding hydrogens is 1050 g/mol. The van der Waals surface area contributed by atoms with E-state index in [1.807, 2.05) is 0 Å². The maximum atomic E-state index is 13.7. The second-order valence-corrected chi connectivity index (χ2v) is 23.2. The quantitative estimate of drug-likeness (QED) is 0.0400. The van der Waals surface area contributed by atoms with Crippen molar-refractivity contribution < 1.29 is 67.0 Å². The Labute approximate surface area is 501 Å². The van der Waals surface area contributed by atoms with Gasteiger partial charge in [0.1, 0.15) is 30.2 Å². The van der Waals surface area contributed by atoms with E-state index in [0.717, 1.165) is 200 Å². The number of rotatable bonds is 60. The van der Waals surface area contributed by atoms with E-state index in [1.54, 1.807) is 0 Å². The molecule has 83 heavy (non-hydrogen) atoms. The molecule has 5 atom stereocenters. The Bertz CT molecular complexity index is 1680. The first-order valence-corrected chi connectivity index (χ1v) is 33.6. The van der Waals surface area contributed by atoms with Gasteiger partial charge >= 0.3 is 0 Å². The third kappa shape index (κ3) is 46.5. The van der Waals surface area contributed by atoms with Crippen molar-refractivity contribution in [3.63, 3.8) is 0 Å². The molecule has 0 radical (unpaired) electrons. The van der Waals surface area contributed by atoms with Crippen LogP contribution in [0.1, 0.15) is 270 Å². The molecule has 0 aromatic heterocycles. The minimum atomic E-state index is -0.745. The molecule has 21 nitrogen and oxygen atoms in total. The molecule has 484 valence electrons. The van der Waals surface area contributed by atoms with Gasteiger partial charge in [-0.1, -0.05) is 122 Å². The highest BCUT2D eigenvalue weighted by atomic mass is 16.2. The van der Waals surface area contributed by atoms with Crippen LogP contribution in [0.2, 0.25) is 0 Å². The van der Waals surface area contributed by atoms with Crippen LogP contribution in [0.15, 0.2) is 0 Å². The van der Waals surface area contributed by atoms with Crippen LogP contribution < -0.4 is 71.6 Å². The van der Waals surface area contributed by atoms with Crippen molar-refractivity contribution >= 4 is 47.3 Å². The van der Waals surface area contributed by atoms with Crippen molar-refractivity contribution in [2.75, 3.05) is 45.8 Å². The highest BCUT2D eigenvalue weighted by Gasteiger charge is 2.28. The van der Waals surface area contributed by atoms with Crippen LogP contribution in [0.4, 0.5) is 0 Å². The Morgan fingerprint density at radius 3 is 0.807 bits per heavy atom. The number of carbonyl (C=O) groups is 8. The molecule has 0 aromatic carbocycles. The van der Waals surface area contributed by atoms with Crippen LogP contribution in [-0.4, -0.2) is 123 Å². The van der Waals surface area contributed by atoms with Crippen LogP contribution in [0, 0.1) is 0 Å². The summed E-state index contributed by atoms with van der Waals surface area (Å²) < 4.78 is 0. The van der Waals surface area contributed by atoms with E-state index in [4.69, 9.17) is 5.73 Å².